The van der Waals surface area contributed by atoms with Crippen molar-refractivity contribution in [2.75, 3.05) is 0 Å². The highest BCUT2D eigenvalue weighted by molar-refractivity contribution is 5.77. The smallest absolute Gasteiger partial charge is 0.240 e. The summed E-state index contributed by atoms with van der Waals surface area (Å²) >= 11 is 0. The molecule has 0 radical (unpaired) electrons. The summed E-state index contributed by atoms with van der Waals surface area (Å²) in [5.74, 6) is 3.86. The van der Waals surface area contributed by atoms with E-state index in [1.807, 2.05) is 5.43 Å². The average Bonchev–Trinajstić information content (AvgIpc) is 2.09. The van der Waals surface area contributed by atoms with Crippen LogP contribution in [0.5, 0.6) is 0 Å². The second-order valence-corrected chi connectivity index (χ2v) is 2.18. The van der Waals surface area contributed by atoms with E-state index in [-0.39, 0.29) is 12.1 Å². The fraction of sp³-hybridized carbons (Fsp3) is 0.143. The molecule has 0 bridgehead atoms. The maximum absolute atomic E-state index is 12.8. The van der Waals surface area contributed by atoms with E-state index in [0.717, 1.165) is 0 Å². The molecule has 0 saturated heterocycles. The molecule has 64 valence electrons. The van der Waals surface area contributed by atoms with Crippen molar-refractivity contribution >= 4 is 5.91 Å². The largest absolute Gasteiger partial charge is 0.294 e. The van der Waals surface area contributed by atoms with Gasteiger partial charge in [-0.1, -0.05) is 0 Å². The van der Waals surface area contributed by atoms with Crippen molar-refractivity contribution in [1.29, 1.82) is 0 Å². The standard InChI is InChI=1S/C7H8FN3O/c8-5-2-1-3-10-6(5)4-7(12)11-9/h1-3H,4,9H2,(H,11,12). The maximum atomic E-state index is 12.8. The minimum atomic E-state index is -0.499. The molecule has 12 heavy (non-hydrogen) atoms. The van der Waals surface area contributed by atoms with Gasteiger partial charge in [-0.25, -0.2) is 10.2 Å². The number of nitrogens with two attached hydrogens (primary N) is 1. The molecule has 0 aromatic carbocycles. The van der Waals surface area contributed by atoms with Gasteiger partial charge in [0.15, 0.2) is 0 Å². The van der Waals surface area contributed by atoms with Gasteiger partial charge in [0.05, 0.1) is 12.1 Å². The summed E-state index contributed by atoms with van der Waals surface area (Å²) in [5.41, 5.74) is 1.99. The highest BCUT2D eigenvalue weighted by Crippen LogP contribution is 2.02. The topological polar surface area (TPSA) is 68.0 Å². The first kappa shape index (κ1) is 8.61. The van der Waals surface area contributed by atoms with Crippen LogP contribution in [0.25, 0.3) is 0 Å². The van der Waals surface area contributed by atoms with Crippen LogP contribution in [0.3, 0.4) is 0 Å². The second kappa shape index (κ2) is 3.77. The molecular formula is C7H8FN3O. The van der Waals surface area contributed by atoms with Crippen LogP contribution in [0, 0.1) is 5.82 Å². The van der Waals surface area contributed by atoms with Crippen LogP contribution in [0.4, 0.5) is 4.39 Å². The Morgan fingerprint density at radius 3 is 3.08 bits per heavy atom. The summed E-state index contributed by atoms with van der Waals surface area (Å²) in [6, 6.07) is 2.70. The fourth-order valence-corrected chi connectivity index (χ4v) is 0.752. The Labute approximate surface area is 68.6 Å². The SMILES string of the molecule is NNC(=O)Cc1ncccc1F. The Kier molecular flexibility index (Phi) is 2.71. The monoisotopic (exact) mass is 169 g/mol. The second-order valence-electron chi connectivity index (χ2n) is 2.18. The van der Waals surface area contributed by atoms with Crippen LogP contribution < -0.4 is 11.3 Å². The number of carbonyl (C=O) groups is 1. The summed E-state index contributed by atoms with van der Waals surface area (Å²) in [6.07, 6.45) is 1.28. The predicted octanol–water partition coefficient (Wildman–Crippen LogP) is -0.247. The number of aromatic nitrogens is 1. The van der Waals surface area contributed by atoms with Crippen molar-refractivity contribution in [3.8, 4) is 0 Å². The molecule has 1 heterocycles. The number of nitrogens with zero attached hydrogens (tertiary/aromatic N) is 1. The van der Waals surface area contributed by atoms with Gasteiger partial charge >= 0.3 is 0 Å². The Bertz CT molecular complexity index is 290. The molecule has 5 heteroatoms. The van der Waals surface area contributed by atoms with Gasteiger partial charge < -0.3 is 0 Å². The molecular weight excluding hydrogens is 161 g/mol. The molecule has 3 N–H and O–H groups in total. The molecule has 1 aromatic heterocycles. The lowest BCUT2D eigenvalue weighted by molar-refractivity contribution is -0.120. The van der Waals surface area contributed by atoms with Gasteiger partial charge in [0, 0.05) is 6.20 Å². The molecule has 1 amide bonds. The molecule has 0 fully saturated rings. The Hall–Kier alpha value is -1.49. The minimum absolute atomic E-state index is 0.0976. The third kappa shape index (κ3) is 2.00. The molecule has 4 nitrogen and oxygen atoms in total. The zero-order valence-electron chi connectivity index (χ0n) is 6.25. The highest BCUT2D eigenvalue weighted by atomic mass is 19.1. The predicted molar refractivity (Wildman–Crippen MR) is 40.2 cm³/mol. The summed E-state index contributed by atoms with van der Waals surface area (Å²) in [6.45, 7) is 0. The number of nitrogens with one attached hydrogen (secondary N) is 1. The number of pyridine rings is 1. The number of rotatable bonds is 2. The van der Waals surface area contributed by atoms with Gasteiger partial charge in [0.2, 0.25) is 5.91 Å². The molecule has 0 aliphatic rings. The number of carbonyl (C=O) groups excluding carboxylic acids is 1. The molecule has 0 unspecified atom stereocenters. The van der Waals surface area contributed by atoms with Crippen molar-refractivity contribution in [2.45, 2.75) is 6.42 Å². The normalized spacial score (nSPS) is 9.50. The lowest BCUT2D eigenvalue weighted by Gasteiger charge is -1.99. The Balaban J connectivity index is 2.75. The van der Waals surface area contributed by atoms with Crippen molar-refractivity contribution in [3.05, 3.63) is 29.8 Å². The van der Waals surface area contributed by atoms with Gasteiger partial charge in [0.1, 0.15) is 5.82 Å². The van der Waals surface area contributed by atoms with Crippen molar-refractivity contribution < 1.29 is 9.18 Å². The Morgan fingerprint density at radius 1 is 1.75 bits per heavy atom. The number of amides is 1. The zero-order chi connectivity index (χ0) is 8.97. The lowest BCUT2D eigenvalue weighted by Crippen LogP contribution is -2.31. The van der Waals surface area contributed by atoms with Gasteiger partial charge in [-0.3, -0.25) is 15.2 Å². The molecule has 0 aliphatic carbocycles. The number of halogens is 1. The molecule has 1 aromatic rings. The fourth-order valence-electron chi connectivity index (χ4n) is 0.752. The number of hydrogen-bond donors (Lipinski definition) is 2. The summed E-state index contributed by atoms with van der Waals surface area (Å²) in [7, 11) is 0. The maximum Gasteiger partial charge on any atom is 0.240 e. The van der Waals surface area contributed by atoms with Crippen molar-refractivity contribution in [2.24, 2.45) is 5.84 Å². The van der Waals surface area contributed by atoms with E-state index < -0.39 is 11.7 Å². The molecule has 0 aliphatic heterocycles. The van der Waals surface area contributed by atoms with Crippen LogP contribution >= 0.6 is 0 Å². The van der Waals surface area contributed by atoms with Gasteiger partial charge in [-0.15, -0.1) is 0 Å². The van der Waals surface area contributed by atoms with E-state index in [4.69, 9.17) is 5.84 Å². The van der Waals surface area contributed by atoms with Crippen LogP contribution in [-0.4, -0.2) is 10.9 Å². The number of hydrazine groups is 1. The Morgan fingerprint density at radius 2 is 2.50 bits per heavy atom. The first-order chi connectivity index (χ1) is 5.74. The quantitative estimate of drug-likeness (QED) is 0.364. The van der Waals surface area contributed by atoms with E-state index in [0.29, 0.717) is 0 Å². The summed E-state index contributed by atoms with van der Waals surface area (Å²) in [4.78, 5) is 14.4. The minimum Gasteiger partial charge on any atom is -0.294 e. The highest BCUT2D eigenvalue weighted by Gasteiger charge is 2.06. The molecule has 0 spiro atoms. The van der Waals surface area contributed by atoms with Gasteiger partial charge in [0.25, 0.3) is 0 Å². The van der Waals surface area contributed by atoms with E-state index in [1.54, 1.807) is 0 Å². The molecule has 1 rings (SSSR count). The lowest BCUT2D eigenvalue weighted by atomic mass is 10.2. The average molecular weight is 169 g/mol. The van der Waals surface area contributed by atoms with Crippen LogP contribution in [0.1, 0.15) is 5.69 Å². The first-order valence-electron chi connectivity index (χ1n) is 3.33. The number of hydrogen-bond acceptors (Lipinski definition) is 3. The van der Waals surface area contributed by atoms with Crippen LogP contribution in [-0.2, 0) is 11.2 Å². The molecule has 0 saturated carbocycles. The first-order valence-corrected chi connectivity index (χ1v) is 3.33. The third-order valence-electron chi connectivity index (χ3n) is 1.32. The van der Waals surface area contributed by atoms with E-state index in [1.165, 1.54) is 18.3 Å². The summed E-state index contributed by atoms with van der Waals surface area (Å²) in [5, 5.41) is 0. The van der Waals surface area contributed by atoms with Crippen LogP contribution in [0.15, 0.2) is 18.3 Å². The van der Waals surface area contributed by atoms with Crippen LogP contribution in [0.2, 0.25) is 0 Å². The zero-order valence-corrected chi connectivity index (χ0v) is 6.25. The van der Waals surface area contributed by atoms with Gasteiger partial charge in [-0.05, 0) is 12.1 Å². The van der Waals surface area contributed by atoms with E-state index >= 15 is 0 Å². The summed E-state index contributed by atoms with van der Waals surface area (Å²) < 4.78 is 12.8. The van der Waals surface area contributed by atoms with E-state index in [2.05, 4.69) is 4.98 Å². The third-order valence-corrected chi connectivity index (χ3v) is 1.32. The molecule has 0 atom stereocenters. The van der Waals surface area contributed by atoms with Gasteiger partial charge in [-0.2, -0.15) is 0 Å². The van der Waals surface area contributed by atoms with E-state index in [9.17, 15) is 9.18 Å². The van der Waals surface area contributed by atoms with Crippen molar-refractivity contribution in [3.63, 3.8) is 0 Å². The van der Waals surface area contributed by atoms with Crippen molar-refractivity contribution in [1.82, 2.24) is 10.4 Å².